The molecule has 0 spiro atoms. The lowest BCUT2D eigenvalue weighted by molar-refractivity contribution is 0.0693. The molecular formula is C19H24N4O2. The van der Waals surface area contributed by atoms with E-state index in [1.807, 2.05) is 37.3 Å². The van der Waals surface area contributed by atoms with Crippen LogP contribution in [0.1, 0.15) is 35.3 Å². The molecule has 1 aromatic heterocycles. The summed E-state index contributed by atoms with van der Waals surface area (Å²) in [7, 11) is 1.79. The summed E-state index contributed by atoms with van der Waals surface area (Å²) in [5.41, 5.74) is 2.25. The smallest absolute Gasteiger partial charge is 0.253 e. The van der Waals surface area contributed by atoms with Crippen LogP contribution in [0.25, 0.3) is 0 Å². The molecular weight excluding hydrogens is 316 g/mol. The highest BCUT2D eigenvalue weighted by Crippen LogP contribution is 2.26. The fourth-order valence-electron chi connectivity index (χ4n) is 3.23. The quantitative estimate of drug-likeness (QED) is 0.875. The highest BCUT2D eigenvalue weighted by molar-refractivity contribution is 5.95. The molecule has 0 saturated heterocycles. The number of aliphatic hydroxyl groups is 1. The van der Waals surface area contributed by atoms with Gasteiger partial charge in [-0.3, -0.25) is 4.79 Å². The first-order chi connectivity index (χ1) is 12.0. The zero-order chi connectivity index (χ0) is 17.8. The molecule has 1 fully saturated rings. The van der Waals surface area contributed by atoms with E-state index in [-0.39, 0.29) is 17.9 Å². The molecule has 2 N–H and O–H groups in total. The van der Waals surface area contributed by atoms with E-state index in [2.05, 4.69) is 15.5 Å². The first-order valence-corrected chi connectivity index (χ1v) is 8.64. The molecule has 132 valence electrons. The summed E-state index contributed by atoms with van der Waals surface area (Å²) in [4.78, 5) is 14.4. The number of anilines is 2. The zero-order valence-electron chi connectivity index (χ0n) is 14.6. The number of hydrogen-bond acceptors (Lipinski definition) is 5. The molecule has 1 heterocycles. The third kappa shape index (κ3) is 4.33. The predicted octanol–water partition coefficient (Wildman–Crippen LogP) is 2.76. The van der Waals surface area contributed by atoms with Crippen molar-refractivity contribution < 1.29 is 9.90 Å². The molecule has 2 aromatic rings. The minimum Gasteiger partial charge on any atom is -0.393 e. The summed E-state index contributed by atoms with van der Waals surface area (Å²) in [6.45, 7) is 2.47. The number of carbonyl (C=O) groups is 1. The van der Waals surface area contributed by atoms with Crippen LogP contribution in [0.4, 0.5) is 11.5 Å². The van der Waals surface area contributed by atoms with Crippen LogP contribution in [0.5, 0.6) is 0 Å². The average molecular weight is 340 g/mol. The molecule has 0 radical (unpaired) electrons. The normalized spacial score (nSPS) is 19.6. The van der Waals surface area contributed by atoms with Crippen molar-refractivity contribution in [3.63, 3.8) is 0 Å². The molecule has 2 atom stereocenters. The van der Waals surface area contributed by atoms with Crippen molar-refractivity contribution in [3.05, 3.63) is 47.7 Å². The Balaban J connectivity index is 1.67. The van der Waals surface area contributed by atoms with Gasteiger partial charge in [-0.25, -0.2) is 0 Å². The third-order valence-corrected chi connectivity index (χ3v) is 4.65. The number of aromatic nitrogens is 2. The standard InChI is InChI=1S/C19H24N4O2/c1-13-9-10-18(22-21-13)20-16-7-3-5-14(11-16)19(25)23(2)12-15-6-4-8-17(15)24/h3,5,7,9-11,15,17,24H,4,6,8,12H2,1-2H3,(H,20,22). The fraction of sp³-hybridized carbons (Fsp3) is 0.421. The fourth-order valence-corrected chi connectivity index (χ4v) is 3.23. The van der Waals surface area contributed by atoms with E-state index in [0.29, 0.717) is 17.9 Å². The van der Waals surface area contributed by atoms with Gasteiger partial charge in [0, 0.05) is 30.8 Å². The number of nitrogens with zero attached hydrogens (tertiary/aromatic N) is 3. The van der Waals surface area contributed by atoms with Crippen LogP contribution in [0, 0.1) is 12.8 Å². The van der Waals surface area contributed by atoms with Crippen molar-refractivity contribution in [2.45, 2.75) is 32.3 Å². The molecule has 1 amide bonds. The minimum absolute atomic E-state index is 0.0438. The molecule has 1 aliphatic carbocycles. The van der Waals surface area contributed by atoms with Gasteiger partial charge in [-0.05, 0) is 50.1 Å². The third-order valence-electron chi connectivity index (χ3n) is 4.65. The highest BCUT2D eigenvalue weighted by atomic mass is 16.3. The molecule has 1 aliphatic rings. The Morgan fingerprint density at radius 2 is 2.12 bits per heavy atom. The number of aliphatic hydroxyl groups excluding tert-OH is 1. The van der Waals surface area contributed by atoms with Crippen LogP contribution in [0.15, 0.2) is 36.4 Å². The highest BCUT2D eigenvalue weighted by Gasteiger charge is 2.27. The first-order valence-electron chi connectivity index (χ1n) is 8.64. The van der Waals surface area contributed by atoms with Gasteiger partial charge in [0.25, 0.3) is 5.91 Å². The molecule has 25 heavy (non-hydrogen) atoms. The number of carbonyl (C=O) groups excluding carboxylic acids is 1. The average Bonchev–Trinajstić information content (AvgIpc) is 3.01. The molecule has 0 aliphatic heterocycles. The van der Waals surface area contributed by atoms with E-state index in [1.165, 1.54) is 0 Å². The number of hydrogen-bond donors (Lipinski definition) is 2. The van der Waals surface area contributed by atoms with Crippen molar-refractivity contribution >= 4 is 17.4 Å². The van der Waals surface area contributed by atoms with Crippen LogP contribution >= 0.6 is 0 Å². The second-order valence-corrected chi connectivity index (χ2v) is 6.71. The number of nitrogens with one attached hydrogen (secondary N) is 1. The molecule has 1 saturated carbocycles. The second kappa shape index (κ2) is 7.61. The molecule has 1 aromatic carbocycles. The SMILES string of the molecule is Cc1ccc(Nc2cccc(C(=O)N(C)CC3CCCC3O)c2)nn1. The monoisotopic (exact) mass is 340 g/mol. The van der Waals surface area contributed by atoms with E-state index in [9.17, 15) is 9.90 Å². The summed E-state index contributed by atoms with van der Waals surface area (Å²) in [6, 6.07) is 11.1. The van der Waals surface area contributed by atoms with Crippen LogP contribution in [-0.4, -0.2) is 45.8 Å². The van der Waals surface area contributed by atoms with E-state index < -0.39 is 0 Å². The number of amides is 1. The lowest BCUT2D eigenvalue weighted by Crippen LogP contribution is -2.34. The Kier molecular flexibility index (Phi) is 5.28. The van der Waals surface area contributed by atoms with E-state index in [4.69, 9.17) is 0 Å². The van der Waals surface area contributed by atoms with Gasteiger partial charge >= 0.3 is 0 Å². The van der Waals surface area contributed by atoms with Gasteiger partial charge in [0.05, 0.1) is 11.8 Å². The molecule has 6 heteroatoms. The topological polar surface area (TPSA) is 78.4 Å². The van der Waals surface area contributed by atoms with Gasteiger partial charge in [-0.15, -0.1) is 5.10 Å². The van der Waals surface area contributed by atoms with Gasteiger partial charge in [-0.1, -0.05) is 12.5 Å². The molecule has 3 rings (SSSR count). The summed E-state index contributed by atoms with van der Waals surface area (Å²) >= 11 is 0. The summed E-state index contributed by atoms with van der Waals surface area (Å²) in [6.07, 6.45) is 2.56. The Bertz CT molecular complexity index is 732. The van der Waals surface area contributed by atoms with Gasteiger partial charge in [-0.2, -0.15) is 5.10 Å². The van der Waals surface area contributed by atoms with Gasteiger partial charge in [0.15, 0.2) is 5.82 Å². The maximum Gasteiger partial charge on any atom is 0.253 e. The van der Waals surface area contributed by atoms with Crippen LogP contribution in [0.3, 0.4) is 0 Å². The van der Waals surface area contributed by atoms with Crippen molar-refractivity contribution in [1.82, 2.24) is 15.1 Å². The molecule has 0 bridgehead atoms. The lowest BCUT2D eigenvalue weighted by Gasteiger charge is -2.23. The maximum atomic E-state index is 12.7. The molecule has 6 nitrogen and oxygen atoms in total. The Labute approximate surface area is 147 Å². The van der Waals surface area contributed by atoms with E-state index >= 15 is 0 Å². The van der Waals surface area contributed by atoms with Crippen LogP contribution in [-0.2, 0) is 0 Å². The van der Waals surface area contributed by atoms with E-state index in [1.54, 1.807) is 18.0 Å². The van der Waals surface area contributed by atoms with E-state index in [0.717, 1.165) is 30.6 Å². The van der Waals surface area contributed by atoms with Gasteiger partial charge in [0.2, 0.25) is 0 Å². The number of aryl methyl sites for hydroxylation is 1. The van der Waals surface area contributed by atoms with Gasteiger partial charge in [0.1, 0.15) is 0 Å². The summed E-state index contributed by atoms with van der Waals surface area (Å²) in [5, 5.41) is 21.2. The number of rotatable bonds is 5. The summed E-state index contributed by atoms with van der Waals surface area (Å²) in [5.74, 6) is 0.772. The number of benzene rings is 1. The maximum absolute atomic E-state index is 12.7. The summed E-state index contributed by atoms with van der Waals surface area (Å²) < 4.78 is 0. The Morgan fingerprint density at radius 1 is 1.28 bits per heavy atom. The largest absolute Gasteiger partial charge is 0.393 e. The lowest BCUT2D eigenvalue weighted by atomic mass is 10.1. The Hall–Kier alpha value is -2.47. The second-order valence-electron chi connectivity index (χ2n) is 6.71. The van der Waals surface area contributed by atoms with Crippen LogP contribution in [0.2, 0.25) is 0 Å². The van der Waals surface area contributed by atoms with Crippen molar-refractivity contribution in [1.29, 1.82) is 0 Å². The Morgan fingerprint density at radius 3 is 2.80 bits per heavy atom. The predicted molar refractivity (Wildman–Crippen MR) is 96.8 cm³/mol. The van der Waals surface area contributed by atoms with Crippen molar-refractivity contribution in [3.8, 4) is 0 Å². The molecule has 2 unspecified atom stereocenters. The minimum atomic E-state index is -0.289. The van der Waals surface area contributed by atoms with Crippen molar-refractivity contribution in [2.75, 3.05) is 18.9 Å². The first kappa shape index (κ1) is 17.4. The van der Waals surface area contributed by atoms with Crippen LogP contribution < -0.4 is 5.32 Å². The van der Waals surface area contributed by atoms with Crippen molar-refractivity contribution in [2.24, 2.45) is 5.92 Å². The zero-order valence-corrected chi connectivity index (χ0v) is 14.6. The van der Waals surface area contributed by atoms with Gasteiger partial charge < -0.3 is 15.3 Å².